The summed E-state index contributed by atoms with van der Waals surface area (Å²) in [5, 5.41) is 7.70. The van der Waals surface area contributed by atoms with Gasteiger partial charge in [0.1, 0.15) is 5.82 Å². The van der Waals surface area contributed by atoms with Crippen LogP contribution in [-0.2, 0) is 13.5 Å². The largest absolute Gasteiger partial charge is 0.316 e. The Balaban J connectivity index is 2.00. The standard InChI is InChI=1S/C9H16N4/c1-7-11-9(12-13(7)2)5-8-3-4-10-6-8/h8,10H,3-6H2,1-2H3. The van der Waals surface area contributed by atoms with Crippen LogP contribution in [0.2, 0.25) is 0 Å². The van der Waals surface area contributed by atoms with Crippen molar-refractivity contribution in [2.45, 2.75) is 19.8 Å². The number of hydrogen-bond donors (Lipinski definition) is 1. The van der Waals surface area contributed by atoms with Gasteiger partial charge in [0.05, 0.1) is 0 Å². The van der Waals surface area contributed by atoms with Crippen LogP contribution < -0.4 is 5.32 Å². The van der Waals surface area contributed by atoms with Crippen molar-refractivity contribution in [2.75, 3.05) is 13.1 Å². The highest BCUT2D eigenvalue weighted by molar-refractivity contribution is 4.93. The van der Waals surface area contributed by atoms with Gasteiger partial charge in [-0.3, -0.25) is 4.68 Å². The van der Waals surface area contributed by atoms with Crippen molar-refractivity contribution in [3.63, 3.8) is 0 Å². The number of nitrogens with zero attached hydrogens (tertiary/aromatic N) is 3. The van der Waals surface area contributed by atoms with E-state index in [-0.39, 0.29) is 0 Å². The fraction of sp³-hybridized carbons (Fsp3) is 0.778. The molecule has 1 atom stereocenters. The molecule has 0 bridgehead atoms. The second-order valence-electron chi connectivity index (χ2n) is 3.76. The Morgan fingerprint density at radius 3 is 3.00 bits per heavy atom. The van der Waals surface area contributed by atoms with E-state index in [1.807, 2.05) is 18.7 Å². The molecule has 1 saturated heterocycles. The van der Waals surface area contributed by atoms with Crippen molar-refractivity contribution in [3.05, 3.63) is 11.6 Å². The zero-order valence-electron chi connectivity index (χ0n) is 8.25. The molecule has 1 aromatic heterocycles. The highest BCUT2D eigenvalue weighted by Crippen LogP contribution is 2.12. The summed E-state index contributed by atoms with van der Waals surface area (Å²) in [6.45, 7) is 4.26. The molecule has 1 aromatic rings. The van der Waals surface area contributed by atoms with Gasteiger partial charge in [0.25, 0.3) is 0 Å². The number of hydrogen-bond acceptors (Lipinski definition) is 3. The fourth-order valence-corrected chi connectivity index (χ4v) is 1.76. The minimum atomic E-state index is 0.738. The quantitative estimate of drug-likeness (QED) is 0.710. The van der Waals surface area contributed by atoms with Gasteiger partial charge >= 0.3 is 0 Å². The lowest BCUT2D eigenvalue weighted by Gasteiger charge is -2.02. The van der Waals surface area contributed by atoms with E-state index in [9.17, 15) is 0 Å². The summed E-state index contributed by atoms with van der Waals surface area (Å²) in [7, 11) is 1.94. The molecule has 2 rings (SSSR count). The Bertz CT molecular complexity index is 266. The van der Waals surface area contributed by atoms with Gasteiger partial charge in [-0.2, -0.15) is 5.10 Å². The predicted octanol–water partition coefficient (Wildman–Crippen LogP) is 0.276. The van der Waals surface area contributed by atoms with Gasteiger partial charge in [0, 0.05) is 13.5 Å². The van der Waals surface area contributed by atoms with E-state index in [1.165, 1.54) is 6.42 Å². The van der Waals surface area contributed by atoms with E-state index >= 15 is 0 Å². The van der Waals surface area contributed by atoms with Crippen molar-refractivity contribution in [2.24, 2.45) is 13.0 Å². The Kier molecular flexibility index (Phi) is 2.31. The monoisotopic (exact) mass is 180 g/mol. The van der Waals surface area contributed by atoms with Crippen LogP contribution in [0.25, 0.3) is 0 Å². The van der Waals surface area contributed by atoms with Gasteiger partial charge in [-0.25, -0.2) is 4.98 Å². The van der Waals surface area contributed by atoms with Crippen LogP contribution in [0, 0.1) is 12.8 Å². The van der Waals surface area contributed by atoms with E-state index < -0.39 is 0 Å². The molecule has 1 fully saturated rings. The van der Waals surface area contributed by atoms with Crippen LogP contribution >= 0.6 is 0 Å². The van der Waals surface area contributed by atoms with Crippen molar-refractivity contribution >= 4 is 0 Å². The lowest BCUT2D eigenvalue weighted by atomic mass is 10.1. The van der Waals surface area contributed by atoms with Crippen LogP contribution in [0.15, 0.2) is 0 Å². The lowest BCUT2D eigenvalue weighted by Crippen LogP contribution is -2.11. The smallest absolute Gasteiger partial charge is 0.151 e. The lowest BCUT2D eigenvalue weighted by molar-refractivity contribution is 0.558. The minimum Gasteiger partial charge on any atom is -0.316 e. The Hall–Kier alpha value is -0.900. The summed E-state index contributed by atoms with van der Waals surface area (Å²) < 4.78 is 1.84. The highest BCUT2D eigenvalue weighted by atomic mass is 15.3. The summed E-state index contributed by atoms with van der Waals surface area (Å²) in [6, 6.07) is 0. The molecule has 0 saturated carbocycles. The summed E-state index contributed by atoms with van der Waals surface area (Å²) in [5.41, 5.74) is 0. The second kappa shape index (κ2) is 3.46. The summed E-state index contributed by atoms with van der Waals surface area (Å²) >= 11 is 0. The molecule has 13 heavy (non-hydrogen) atoms. The molecule has 0 amide bonds. The zero-order chi connectivity index (χ0) is 9.26. The SMILES string of the molecule is Cc1nc(CC2CCNC2)nn1C. The van der Waals surface area contributed by atoms with Gasteiger partial charge in [-0.05, 0) is 32.4 Å². The summed E-state index contributed by atoms with van der Waals surface area (Å²) in [5.74, 6) is 2.73. The van der Waals surface area contributed by atoms with Crippen LogP contribution in [0.5, 0.6) is 0 Å². The normalized spacial score (nSPS) is 22.5. The molecular formula is C9H16N4. The molecule has 0 radical (unpaired) electrons. The molecule has 1 unspecified atom stereocenters. The third-order valence-electron chi connectivity index (χ3n) is 2.66. The Labute approximate surface area is 78.4 Å². The molecule has 1 aliphatic rings. The van der Waals surface area contributed by atoms with E-state index in [4.69, 9.17) is 0 Å². The molecule has 2 heterocycles. The molecule has 0 aliphatic carbocycles. The Morgan fingerprint density at radius 1 is 1.62 bits per heavy atom. The highest BCUT2D eigenvalue weighted by Gasteiger charge is 2.17. The first-order valence-electron chi connectivity index (χ1n) is 4.83. The van der Waals surface area contributed by atoms with Crippen LogP contribution in [0.3, 0.4) is 0 Å². The Morgan fingerprint density at radius 2 is 2.46 bits per heavy atom. The van der Waals surface area contributed by atoms with Crippen LogP contribution in [0.4, 0.5) is 0 Å². The maximum absolute atomic E-state index is 4.40. The van der Waals surface area contributed by atoms with Gasteiger partial charge in [0.2, 0.25) is 0 Å². The van der Waals surface area contributed by atoms with E-state index in [1.54, 1.807) is 0 Å². The summed E-state index contributed by atoms with van der Waals surface area (Å²) in [4.78, 5) is 4.40. The first kappa shape index (κ1) is 8.69. The van der Waals surface area contributed by atoms with Gasteiger partial charge < -0.3 is 5.32 Å². The first-order valence-corrected chi connectivity index (χ1v) is 4.83. The maximum Gasteiger partial charge on any atom is 0.151 e. The minimum absolute atomic E-state index is 0.738. The third-order valence-corrected chi connectivity index (χ3v) is 2.66. The van der Waals surface area contributed by atoms with Gasteiger partial charge in [-0.1, -0.05) is 0 Å². The summed E-state index contributed by atoms with van der Waals surface area (Å²) in [6.07, 6.45) is 2.28. The number of aryl methyl sites for hydroxylation is 2. The molecule has 72 valence electrons. The van der Waals surface area contributed by atoms with Crippen LogP contribution in [-0.4, -0.2) is 27.9 Å². The van der Waals surface area contributed by atoms with Gasteiger partial charge in [0.15, 0.2) is 5.82 Å². The number of aromatic nitrogens is 3. The van der Waals surface area contributed by atoms with E-state index in [0.29, 0.717) is 0 Å². The van der Waals surface area contributed by atoms with Crippen molar-refractivity contribution < 1.29 is 0 Å². The van der Waals surface area contributed by atoms with Crippen molar-refractivity contribution in [3.8, 4) is 0 Å². The molecule has 4 heteroatoms. The number of nitrogens with one attached hydrogen (secondary N) is 1. The third kappa shape index (κ3) is 1.88. The molecule has 0 spiro atoms. The van der Waals surface area contributed by atoms with E-state index in [2.05, 4.69) is 15.4 Å². The van der Waals surface area contributed by atoms with Crippen molar-refractivity contribution in [1.29, 1.82) is 0 Å². The van der Waals surface area contributed by atoms with Gasteiger partial charge in [-0.15, -0.1) is 0 Å². The predicted molar refractivity (Wildman–Crippen MR) is 50.4 cm³/mol. The second-order valence-corrected chi connectivity index (χ2v) is 3.76. The molecule has 4 nitrogen and oxygen atoms in total. The maximum atomic E-state index is 4.40. The molecule has 1 aliphatic heterocycles. The zero-order valence-corrected chi connectivity index (χ0v) is 8.25. The van der Waals surface area contributed by atoms with Crippen molar-refractivity contribution in [1.82, 2.24) is 20.1 Å². The van der Waals surface area contributed by atoms with Crippen LogP contribution in [0.1, 0.15) is 18.1 Å². The average Bonchev–Trinajstić information content (AvgIpc) is 2.64. The topological polar surface area (TPSA) is 42.7 Å². The fourth-order valence-electron chi connectivity index (χ4n) is 1.76. The molecule has 1 N–H and O–H groups in total. The molecular weight excluding hydrogens is 164 g/mol. The number of rotatable bonds is 2. The van der Waals surface area contributed by atoms with E-state index in [0.717, 1.165) is 37.1 Å². The average molecular weight is 180 g/mol. The first-order chi connectivity index (χ1) is 6.25. The molecule has 0 aromatic carbocycles.